The highest BCUT2D eigenvalue weighted by Crippen LogP contribution is 2.51. The second-order valence-corrected chi connectivity index (χ2v) is 9.32. The third kappa shape index (κ3) is 18.5. The first-order valence-electron chi connectivity index (χ1n) is 13.3. The van der Waals surface area contributed by atoms with Crippen LogP contribution in [0.5, 0.6) is 0 Å². The van der Waals surface area contributed by atoms with Gasteiger partial charge in [0.25, 0.3) is 12.7 Å². The number of halogens is 30. The van der Waals surface area contributed by atoms with Crippen molar-refractivity contribution < 1.29 is 166 Å². The molecule has 0 aromatic rings. The summed E-state index contributed by atoms with van der Waals surface area (Å²) < 4.78 is 379. The van der Waals surface area contributed by atoms with E-state index in [0.29, 0.717) is 0 Å². The van der Waals surface area contributed by atoms with Crippen molar-refractivity contribution in [3.05, 3.63) is 36.4 Å². The fourth-order valence-electron chi connectivity index (χ4n) is 1.99. The van der Waals surface area contributed by atoms with Crippen molar-refractivity contribution >= 4 is 0 Å². The van der Waals surface area contributed by atoms with Gasteiger partial charge < -0.3 is 24.4 Å². The fraction of sp³-hybridized carbons (Fsp3) is 0.750. The topological polar surface area (TPSA) is 86.6 Å². The number of alkyl halides is 27. The summed E-state index contributed by atoms with van der Waals surface area (Å²) in [5.41, 5.74) is 0. The maximum Gasteiger partial charge on any atom is 0.476 e. The Bertz CT molecular complexity index is 1300. The number of hydrogen-bond donors (Lipinski definition) is 2. The van der Waals surface area contributed by atoms with Crippen molar-refractivity contribution in [1.82, 2.24) is 0 Å². The Hall–Kier alpha value is -3.32. The number of ether oxygens (including phenoxy) is 5. The van der Waals surface area contributed by atoms with Gasteiger partial charge in [-0.1, -0.05) is 31.7 Å². The van der Waals surface area contributed by atoms with Gasteiger partial charge >= 0.3 is 78.9 Å². The molecule has 2 unspecified atom stereocenters. The Morgan fingerprint density at radius 3 is 0.885 bits per heavy atom. The predicted molar refractivity (Wildman–Crippen MR) is 132 cm³/mol. The van der Waals surface area contributed by atoms with Gasteiger partial charge in [0, 0.05) is 0 Å². The zero-order valence-electron chi connectivity index (χ0n) is 27.1. The van der Waals surface area contributed by atoms with E-state index in [9.17, 15) is 132 Å². The number of aliphatic hydroxyl groups is 2. The molecule has 0 radical (unpaired) electrons. The molecule has 0 aliphatic heterocycles. The fourth-order valence-corrected chi connectivity index (χ4v) is 1.99. The molecular formula is C24H20F30O7. The van der Waals surface area contributed by atoms with Crippen LogP contribution in [0.25, 0.3) is 0 Å². The maximum atomic E-state index is 13.1. The highest BCUT2D eigenvalue weighted by Gasteiger charge is 2.78. The van der Waals surface area contributed by atoms with Crippen molar-refractivity contribution in [3.8, 4) is 0 Å². The molecule has 0 aromatic carbocycles. The van der Waals surface area contributed by atoms with E-state index >= 15 is 0 Å². The minimum atomic E-state index is -7.17. The minimum Gasteiger partial charge on any atom is -0.397 e. The van der Waals surface area contributed by atoms with Crippen LogP contribution in [-0.4, -0.2) is 116 Å². The molecule has 0 rings (SSSR count). The summed E-state index contributed by atoms with van der Waals surface area (Å²) in [7, 11) is 0. The van der Waals surface area contributed by atoms with E-state index in [1.807, 2.05) is 4.74 Å². The first-order valence-corrected chi connectivity index (χ1v) is 13.3. The van der Waals surface area contributed by atoms with Crippen molar-refractivity contribution in [2.24, 2.45) is 0 Å². The lowest BCUT2D eigenvalue weighted by Crippen LogP contribution is -2.56. The van der Waals surface area contributed by atoms with Crippen molar-refractivity contribution in [2.75, 3.05) is 26.4 Å². The summed E-state index contributed by atoms with van der Waals surface area (Å²) in [6.07, 6.45) is -63.4. The van der Waals surface area contributed by atoms with Crippen LogP contribution in [-0.2, 0) is 23.7 Å². The monoisotopic (exact) mass is 990 g/mol. The van der Waals surface area contributed by atoms with Gasteiger partial charge in [-0.05, 0) is 0 Å². The quantitative estimate of drug-likeness (QED) is 0.0757. The molecule has 0 spiro atoms. The van der Waals surface area contributed by atoms with E-state index in [-0.39, 0.29) is 32.8 Å². The summed E-state index contributed by atoms with van der Waals surface area (Å²) >= 11 is 0. The van der Waals surface area contributed by atoms with Gasteiger partial charge in [0.2, 0.25) is 0 Å². The van der Waals surface area contributed by atoms with Crippen LogP contribution < -0.4 is 0 Å². The van der Waals surface area contributed by atoms with Crippen molar-refractivity contribution in [2.45, 2.75) is 87.0 Å². The molecule has 0 saturated carbocycles. The molecule has 0 saturated heterocycles. The zero-order valence-corrected chi connectivity index (χ0v) is 27.1. The summed E-state index contributed by atoms with van der Waals surface area (Å²) in [4.78, 5) is 0. The SMILES string of the molecule is C.FC(F)=C(F)OC(F)(F)C(F)(F)C(F)(F)F.FC(OC(F)(F)C(F)(F)C(F)(F)F)C(F)(F)OC/C=C/COC(F)(F)C(F)OC(F)(F)C(F)(F)C(F)(F)F.OC/C=C/CO. The van der Waals surface area contributed by atoms with Gasteiger partial charge in [-0.25, -0.2) is 8.78 Å². The van der Waals surface area contributed by atoms with E-state index in [2.05, 4.69) is 18.9 Å². The molecule has 2 N–H and O–H groups in total. The summed E-state index contributed by atoms with van der Waals surface area (Å²) in [5.74, 6) is -21.2. The molecule has 37 heteroatoms. The summed E-state index contributed by atoms with van der Waals surface area (Å²) in [6, 6.07) is -3.52. The third-order valence-corrected chi connectivity index (χ3v) is 4.85. The molecule has 61 heavy (non-hydrogen) atoms. The average Bonchev–Trinajstić information content (AvgIpc) is 3.03. The molecule has 0 aliphatic rings. The molecule has 7 nitrogen and oxygen atoms in total. The molecule has 0 amide bonds. The standard InChI is InChI=1S/C14H8F20O4.C5F10O.C4H8O2.CH4/c15-5(37-13(31,32)9(21,22)11(25,26)27)7(17,18)35-3-1-2-4-36-8(19,20)6(16)38-14(33,34)10(23,24)12(28,29)30;6-1(7)2(8)16-5(14,15)3(9,10)4(11,12)13;5-3-1-2-4-6;/h1-2,5-6H,3-4H2;;1-2,5-6H,3-4H2;1H4/b2-1+;;2-1+;. The molecule has 368 valence electrons. The highest BCUT2D eigenvalue weighted by molar-refractivity contribution is 4.91. The first-order chi connectivity index (χ1) is 26.2. The van der Waals surface area contributed by atoms with Gasteiger partial charge in [-0.2, -0.15) is 123 Å². The van der Waals surface area contributed by atoms with Crippen LogP contribution in [0.3, 0.4) is 0 Å². The summed E-state index contributed by atoms with van der Waals surface area (Å²) in [5, 5.41) is 16.0. The van der Waals surface area contributed by atoms with E-state index in [4.69, 9.17) is 10.2 Å². The summed E-state index contributed by atoms with van der Waals surface area (Å²) in [6.45, 7) is -3.61. The Morgan fingerprint density at radius 1 is 0.426 bits per heavy atom. The lowest BCUT2D eigenvalue weighted by atomic mass is 10.3. The van der Waals surface area contributed by atoms with Gasteiger partial charge in [0.1, 0.15) is 0 Å². The smallest absolute Gasteiger partial charge is 0.397 e. The van der Waals surface area contributed by atoms with E-state index in [1.54, 1.807) is 0 Å². The lowest BCUT2D eigenvalue weighted by molar-refractivity contribution is -0.465. The van der Waals surface area contributed by atoms with E-state index < -0.39 is 105 Å². The Kier molecular flexibility index (Phi) is 24.1. The molecular weight excluding hydrogens is 970 g/mol. The van der Waals surface area contributed by atoms with Crippen molar-refractivity contribution in [3.63, 3.8) is 0 Å². The number of hydrogen-bond acceptors (Lipinski definition) is 7. The molecule has 0 bridgehead atoms. The number of rotatable bonds is 19. The molecule has 0 fully saturated rings. The minimum absolute atomic E-state index is 0. The highest BCUT2D eigenvalue weighted by atomic mass is 19.4. The molecule has 0 heterocycles. The van der Waals surface area contributed by atoms with Crippen LogP contribution in [0.4, 0.5) is 132 Å². The number of aliphatic hydroxyl groups excluding tert-OH is 2. The third-order valence-electron chi connectivity index (χ3n) is 4.85. The molecule has 2 atom stereocenters. The second kappa shape index (κ2) is 22.9. The van der Waals surface area contributed by atoms with Crippen LogP contribution in [0.2, 0.25) is 0 Å². The lowest BCUT2D eigenvalue weighted by Gasteiger charge is -2.30. The first kappa shape index (κ1) is 64.3. The largest absolute Gasteiger partial charge is 0.476 e. The van der Waals surface area contributed by atoms with Gasteiger partial charge in [0.15, 0.2) is 0 Å². The Labute approximate surface area is 316 Å². The van der Waals surface area contributed by atoms with Gasteiger partial charge in [0.05, 0.1) is 26.4 Å². The maximum absolute atomic E-state index is 13.1. The average molecular weight is 990 g/mol. The van der Waals surface area contributed by atoms with Crippen LogP contribution in [0.15, 0.2) is 36.4 Å². The zero-order chi connectivity index (χ0) is 49.0. The normalized spacial score (nSPS) is 15.3. The van der Waals surface area contributed by atoms with Crippen LogP contribution in [0.1, 0.15) is 7.43 Å². The Balaban J connectivity index is -0.000000579. The molecule has 0 aromatic heterocycles. The van der Waals surface area contributed by atoms with Gasteiger partial charge in [-0.15, -0.1) is 0 Å². The second-order valence-electron chi connectivity index (χ2n) is 9.32. The van der Waals surface area contributed by atoms with Crippen molar-refractivity contribution in [1.29, 1.82) is 0 Å². The molecule has 0 aliphatic carbocycles. The van der Waals surface area contributed by atoms with E-state index in [0.717, 1.165) is 0 Å². The van der Waals surface area contributed by atoms with Crippen LogP contribution in [0, 0.1) is 0 Å². The van der Waals surface area contributed by atoms with E-state index in [1.165, 1.54) is 12.2 Å². The predicted octanol–water partition coefficient (Wildman–Crippen LogP) is 11.0. The van der Waals surface area contributed by atoms with Crippen LogP contribution >= 0.6 is 0 Å². The Morgan fingerprint density at radius 2 is 0.672 bits per heavy atom. The van der Waals surface area contributed by atoms with Gasteiger partial charge in [-0.3, -0.25) is 9.47 Å².